The predicted molar refractivity (Wildman–Crippen MR) is 60.4 cm³/mol. The maximum absolute atomic E-state index is 11.4. The molecule has 0 aromatic heterocycles. The summed E-state index contributed by atoms with van der Waals surface area (Å²) in [6.45, 7) is 1.35. The van der Waals surface area contributed by atoms with Crippen molar-refractivity contribution in [3.8, 4) is 6.07 Å². The fourth-order valence-electron chi connectivity index (χ4n) is 1.11. The molecule has 0 unspecified atom stereocenters. The SMILES string of the molecule is C[C@H](NC(=O)Nc1ccccc1C#N)C(=O)O. The van der Waals surface area contributed by atoms with E-state index in [1.165, 1.54) is 6.92 Å². The summed E-state index contributed by atoms with van der Waals surface area (Å²) in [6, 6.07) is 6.70. The number of rotatable bonds is 3. The second-order valence-corrected chi connectivity index (χ2v) is 3.32. The number of hydrogen-bond donors (Lipinski definition) is 3. The second kappa shape index (κ2) is 5.51. The molecule has 0 saturated carbocycles. The number of nitrogens with zero attached hydrogens (tertiary/aromatic N) is 1. The first kappa shape index (κ1) is 12.5. The van der Waals surface area contributed by atoms with Crippen molar-refractivity contribution < 1.29 is 14.7 Å². The number of nitrogens with one attached hydrogen (secondary N) is 2. The third kappa shape index (κ3) is 3.50. The van der Waals surface area contributed by atoms with Crippen LogP contribution in [0.25, 0.3) is 0 Å². The lowest BCUT2D eigenvalue weighted by atomic mass is 10.2. The molecule has 3 N–H and O–H groups in total. The number of nitriles is 1. The number of aliphatic carboxylic acids is 1. The summed E-state index contributed by atoms with van der Waals surface area (Å²) >= 11 is 0. The summed E-state index contributed by atoms with van der Waals surface area (Å²) in [4.78, 5) is 21.9. The third-order valence-electron chi connectivity index (χ3n) is 2.01. The van der Waals surface area contributed by atoms with Crippen LogP contribution in [0.2, 0.25) is 0 Å². The molecule has 0 heterocycles. The third-order valence-corrected chi connectivity index (χ3v) is 2.01. The molecule has 0 fully saturated rings. The first-order valence-corrected chi connectivity index (χ1v) is 4.84. The average Bonchev–Trinajstić information content (AvgIpc) is 2.29. The fraction of sp³-hybridized carbons (Fsp3) is 0.182. The number of benzene rings is 1. The van der Waals surface area contributed by atoms with E-state index in [0.29, 0.717) is 11.3 Å². The van der Waals surface area contributed by atoms with E-state index >= 15 is 0 Å². The summed E-state index contributed by atoms with van der Waals surface area (Å²) < 4.78 is 0. The van der Waals surface area contributed by atoms with Gasteiger partial charge >= 0.3 is 12.0 Å². The van der Waals surface area contributed by atoms with Gasteiger partial charge in [-0.1, -0.05) is 12.1 Å². The lowest BCUT2D eigenvalue weighted by Gasteiger charge is -2.11. The Morgan fingerprint density at radius 1 is 1.41 bits per heavy atom. The molecule has 0 aliphatic rings. The number of carbonyl (C=O) groups excluding carboxylic acids is 1. The van der Waals surface area contributed by atoms with Crippen molar-refractivity contribution >= 4 is 17.7 Å². The minimum atomic E-state index is -1.13. The van der Waals surface area contributed by atoms with Crippen LogP contribution < -0.4 is 10.6 Å². The highest BCUT2D eigenvalue weighted by Crippen LogP contribution is 2.12. The van der Waals surface area contributed by atoms with Gasteiger partial charge in [0.25, 0.3) is 0 Å². The maximum Gasteiger partial charge on any atom is 0.325 e. The molecule has 17 heavy (non-hydrogen) atoms. The lowest BCUT2D eigenvalue weighted by Crippen LogP contribution is -2.40. The molecule has 1 atom stereocenters. The fourth-order valence-corrected chi connectivity index (χ4v) is 1.11. The lowest BCUT2D eigenvalue weighted by molar-refractivity contribution is -0.138. The van der Waals surface area contributed by atoms with Crippen molar-refractivity contribution in [1.29, 1.82) is 5.26 Å². The van der Waals surface area contributed by atoms with Crippen LogP contribution in [0.15, 0.2) is 24.3 Å². The van der Waals surface area contributed by atoms with Gasteiger partial charge in [-0.05, 0) is 19.1 Å². The minimum Gasteiger partial charge on any atom is -0.480 e. The zero-order valence-corrected chi connectivity index (χ0v) is 9.10. The van der Waals surface area contributed by atoms with Crippen LogP contribution in [0, 0.1) is 11.3 Å². The van der Waals surface area contributed by atoms with E-state index in [1.807, 2.05) is 6.07 Å². The summed E-state index contributed by atoms with van der Waals surface area (Å²) in [6.07, 6.45) is 0. The molecule has 0 saturated heterocycles. The number of anilines is 1. The summed E-state index contributed by atoms with van der Waals surface area (Å²) in [7, 11) is 0. The number of amides is 2. The Labute approximate surface area is 97.9 Å². The van der Waals surface area contributed by atoms with Crippen molar-refractivity contribution in [2.24, 2.45) is 0 Å². The van der Waals surface area contributed by atoms with Gasteiger partial charge in [-0.25, -0.2) is 4.79 Å². The first-order chi connectivity index (χ1) is 8.04. The van der Waals surface area contributed by atoms with Crippen molar-refractivity contribution in [2.45, 2.75) is 13.0 Å². The number of carboxylic acid groups (broad SMARTS) is 1. The quantitative estimate of drug-likeness (QED) is 0.728. The standard InChI is InChI=1S/C11H11N3O3/c1-7(10(15)16)13-11(17)14-9-5-3-2-4-8(9)6-12/h2-5,7H,1H3,(H,15,16)(H2,13,14,17)/t7-/m0/s1. The van der Waals surface area contributed by atoms with Crippen LogP contribution in [-0.2, 0) is 4.79 Å². The van der Waals surface area contributed by atoms with E-state index in [4.69, 9.17) is 10.4 Å². The molecule has 0 bridgehead atoms. The molecule has 6 heteroatoms. The number of hydrogen-bond acceptors (Lipinski definition) is 3. The Morgan fingerprint density at radius 2 is 2.06 bits per heavy atom. The van der Waals surface area contributed by atoms with E-state index < -0.39 is 18.0 Å². The second-order valence-electron chi connectivity index (χ2n) is 3.32. The molecule has 0 spiro atoms. The van der Waals surface area contributed by atoms with Crippen molar-refractivity contribution in [3.05, 3.63) is 29.8 Å². The van der Waals surface area contributed by atoms with Crippen molar-refractivity contribution in [2.75, 3.05) is 5.32 Å². The van der Waals surface area contributed by atoms with E-state index in [0.717, 1.165) is 0 Å². The van der Waals surface area contributed by atoms with Gasteiger partial charge in [-0.15, -0.1) is 0 Å². The summed E-state index contributed by atoms with van der Waals surface area (Å²) in [5.41, 5.74) is 0.649. The van der Waals surface area contributed by atoms with Gasteiger partial charge in [0.05, 0.1) is 11.3 Å². The Morgan fingerprint density at radius 3 is 2.65 bits per heavy atom. The maximum atomic E-state index is 11.4. The molecule has 1 aromatic carbocycles. The van der Waals surface area contributed by atoms with E-state index in [2.05, 4.69) is 10.6 Å². The van der Waals surface area contributed by atoms with Crippen LogP contribution in [0.3, 0.4) is 0 Å². The Hall–Kier alpha value is -2.55. The highest BCUT2D eigenvalue weighted by atomic mass is 16.4. The van der Waals surface area contributed by atoms with Crippen LogP contribution in [-0.4, -0.2) is 23.1 Å². The van der Waals surface area contributed by atoms with E-state index in [1.54, 1.807) is 24.3 Å². The number of urea groups is 1. The Bertz CT molecular complexity index is 479. The number of carboxylic acids is 1. The van der Waals surface area contributed by atoms with Gasteiger partial charge < -0.3 is 15.7 Å². The molecule has 1 aromatic rings. The number of para-hydroxylation sites is 1. The zero-order chi connectivity index (χ0) is 12.8. The molecule has 0 aliphatic carbocycles. The van der Waals surface area contributed by atoms with E-state index in [9.17, 15) is 9.59 Å². The van der Waals surface area contributed by atoms with Crippen molar-refractivity contribution in [3.63, 3.8) is 0 Å². The van der Waals surface area contributed by atoms with E-state index in [-0.39, 0.29) is 0 Å². The summed E-state index contributed by atoms with van der Waals surface area (Å²) in [5.74, 6) is -1.13. The normalized spacial score (nSPS) is 11.1. The van der Waals surface area contributed by atoms with Crippen LogP contribution in [0.4, 0.5) is 10.5 Å². The minimum absolute atomic E-state index is 0.311. The highest BCUT2D eigenvalue weighted by molar-refractivity contribution is 5.93. The van der Waals surface area contributed by atoms with Gasteiger partial charge in [0, 0.05) is 0 Å². The topological polar surface area (TPSA) is 102 Å². The monoisotopic (exact) mass is 233 g/mol. The highest BCUT2D eigenvalue weighted by Gasteiger charge is 2.14. The Balaban J connectivity index is 2.69. The molecule has 2 amide bonds. The zero-order valence-electron chi connectivity index (χ0n) is 9.10. The smallest absolute Gasteiger partial charge is 0.325 e. The summed E-state index contributed by atoms with van der Waals surface area (Å²) in [5, 5.41) is 22.0. The predicted octanol–water partition coefficient (Wildman–Crippen LogP) is 1.15. The molecule has 6 nitrogen and oxygen atoms in total. The van der Waals surface area contributed by atoms with Gasteiger partial charge in [-0.2, -0.15) is 5.26 Å². The number of carbonyl (C=O) groups is 2. The molecule has 0 aliphatic heterocycles. The first-order valence-electron chi connectivity index (χ1n) is 4.84. The van der Waals surface area contributed by atoms with Crippen molar-refractivity contribution in [1.82, 2.24) is 5.32 Å². The molecule has 1 rings (SSSR count). The van der Waals surface area contributed by atoms with Gasteiger partial charge in [0.1, 0.15) is 12.1 Å². The molecule has 0 radical (unpaired) electrons. The van der Waals surface area contributed by atoms with Crippen LogP contribution in [0.1, 0.15) is 12.5 Å². The van der Waals surface area contributed by atoms with Gasteiger partial charge in [0.15, 0.2) is 0 Å². The molecule has 88 valence electrons. The van der Waals surface area contributed by atoms with Gasteiger partial charge in [0.2, 0.25) is 0 Å². The van der Waals surface area contributed by atoms with Crippen LogP contribution >= 0.6 is 0 Å². The van der Waals surface area contributed by atoms with Crippen LogP contribution in [0.5, 0.6) is 0 Å². The van der Waals surface area contributed by atoms with Gasteiger partial charge in [-0.3, -0.25) is 4.79 Å². The molecular formula is C11H11N3O3. The average molecular weight is 233 g/mol. The largest absolute Gasteiger partial charge is 0.480 e. The Kier molecular flexibility index (Phi) is 4.06. The molecular weight excluding hydrogens is 222 g/mol.